The van der Waals surface area contributed by atoms with Gasteiger partial charge in [0.05, 0.1) is 5.56 Å². The molecule has 3 aromatic rings. The van der Waals surface area contributed by atoms with Crippen molar-refractivity contribution in [3.8, 4) is 17.2 Å². The summed E-state index contributed by atoms with van der Waals surface area (Å²) in [5.41, 5.74) is 1.48. The number of nitrogens with zero attached hydrogens (tertiary/aromatic N) is 2. The van der Waals surface area contributed by atoms with Gasteiger partial charge in [0.1, 0.15) is 22.3 Å². The lowest BCUT2D eigenvalue weighted by atomic mass is 10.2. The molecule has 0 aliphatic carbocycles. The number of aryl methyl sites for hydroxylation is 2. The van der Waals surface area contributed by atoms with E-state index in [9.17, 15) is 5.11 Å². The summed E-state index contributed by atoms with van der Waals surface area (Å²) in [6.07, 6.45) is 1.64. The Morgan fingerprint density at radius 1 is 1.18 bits per heavy atom. The van der Waals surface area contributed by atoms with Crippen molar-refractivity contribution in [2.75, 3.05) is 0 Å². The second-order valence-electron chi connectivity index (χ2n) is 4.83. The lowest BCUT2D eigenvalue weighted by Gasteiger charge is -1.96. The van der Waals surface area contributed by atoms with E-state index in [1.54, 1.807) is 24.3 Å². The number of aromatic nitrogens is 2. The van der Waals surface area contributed by atoms with Crippen LogP contribution in [0.25, 0.3) is 22.6 Å². The molecule has 0 amide bonds. The lowest BCUT2D eigenvalue weighted by molar-refractivity contribution is 0.475. The van der Waals surface area contributed by atoms with Crippen LogP contribution in [0.3, 0.4) is 0 Å². The first-order valence-corrected chi connectivity index (χ1v) is 6.98. The van der Waals surface area contributed by atoms with Crippen molar-refractivity contribution >= 4 is 22.7 Å². The minimum atomic E-state index is 0.161. The van der Waals surface area contributed by atoms with E-state index in [-0.39, 0.29) is 11.6 Å². The van der Waals surface area contributed by atoms with E-state index < -0.39 is 0 Å². The normalized spacial score (nSPS) is 11.9. The van der Waals surface area contributed by atoms with Crippen molar-refractivity contribution in [2.24, 2.45) is 0 Å². The van der Waals surface area contributed by atoms with Gasteiger partial charge < -0.3 is 13.9 Å². The number of aromatic hydroxyl groups is 1. The predicted octanol–water partition coefficient (Wildman–Crippen LogP) is 4.39. The maximum atomic E-state index is 9.45. The summed E-state index contributed by atoms with van der Waals surface area (Å²) in [6.45, 7) is 3.68. The molecule has 112 valence electrons. The van der Waals surface area contributed by atoms with E-state index in [2.05, 4.69) is 10.2 Å². The zero-order chi connectivity index (χ0) is 15.7. The molecule has 3 rings (SSSR count). The lowest BCUT2D eigenvalue weighted by Crippen LogP contribution is -1.78. The first kappa shape index (κ1) is 14.4. The van der Waals surface area contributed by atoms with Crippen LogP contribution in [0.5, 0.6) is 5.75 Å². The Labute approximate surface area is 131 Å². The molecule has 5 nitrogen and oxygen atoms in total. The first-order valence-electron chi connectivity index (χ1n) is 6.60. The SMILES string of the molecule is Cc1cc(-c2nnc(/C(Cl)=C/c3cccc(O)c3)o2)c(C)o1. The Kier molecular flexibility index (Phi) is 3.73. The highest BCUT2D eigenvalue weighted by atomic mass is 35.5. The van der Waals surface area contributed by atoms with Gasteiger partial charge in [-0.15, -0.1) is 10.2 Å². The van der Waals surface area contributed by atoms with Gasteiger partial charge in [-0.3, -0.25) is 0 Å². The summed E-state index contributed by atoms with van der Waals surface area (Å²) < 4.78 is 11.0. The molecule has 0 saturated heterocycles. The van der Waals surface area contributed by atoms with Gasteiger partial charge in [0, 0.05) is 0 Å². The number of phenols is 1. The molecule has 1 N–H and O–H groups in total. The average Bonchev–Trinajstić information content (AvgIpc) is 3.05. The van der Waals surface area contributed by atoms with E-state index in [0.717, 1.165) is 16.9 Å². The number of benzene rings is 1. The third kappa shape index (κ3) is 2.89. The Balaban J connectivity index is 1.92. The highest BCUT2D eigenvalue weighted by Crippen LogP contribution is 2.29. The van der Waals surface area contributed by atoms with Gasteiger partial charge in [-0.25, -0.2) is 0 Å². The van der Waals surface area contributed by atoms with Crippen LogP contribution in [0, 0.1) is 13.8 Å². The second-order valence-corrected chi connectivity index (χ2v) is 5.23. The zero-order valence-electron chi connectivity index (χ0n) is 12.0. The smallest absolute Gasteiger partial charge is 0.259 e. The minimum absolute atomic E-state index is 0.161. The van der Waals surface area contributed by atoms with Crippen LogP contribution < -0.4 is 0 Å². The van der Waals surface area contributed by atoms with Gasteiger partial charge in [-0.05, 0) is 43.7 Å². The van der Waals surface area contributed by atoms with E-state index >= 15 is 0 Å². The van der Waals surface area contributed by atoms with Crippen molar-refractivity contribution in [2.45, 2.75) is 13.8 Å². The largest absolute Gasteiger partial charge is 0.508 e. The number of hydrogen-bond acceptors (Lipinski definition) is 5. The molecule has 0 bridgehead atoms. The molecule has 0 saturated carbocycles. The first-order chi connectivity index (χ1) is 10.5. The van der Waals surface area contributed by atoms with Crippen LogP contribution in [-0.4, -0.2) is 15.3 Å². The number of halogens is 1. The Hall–Kier alpha value is -2.53. The maximum absolute atomic E-state index is 9.45. The molecule has 2 aromatic heterocycles. The van der Waals surface area contributed by atoms with Gasteiger partial charge >= 0.3 is 0 Å². The number of hydrogen-bond donors (Lipinski definition) is 1. The van der Waals surface area contributed by atoms with E-state index in [1.807, 2.05) is 26.0 Å². The maximum Gasteiger partial charge on any atom is 0.259 e. The van der Waals surface area contributed by atoms with E-state index in [1.165, 1.54) is 0 Å². The molecule has 0 spiro atoms. The van der Waals surface area contributed by atoms with Crippen LogP contribution in [0.15, 0.2) is 39.2 Å². The van der Waals surface area contributed by atoms with Gasteiger partial charge in [0.15, 0.2) is 0 Å². The second kappa shape index (κ2) is 5.69. The zero-order valence-corrected chi connectivity index (χ0v) is 12.8. The van der Waals surface area contributed by atoms with Crippen LogP contribution in [-0.2, 0) is 0 Å². The fourth-order valence-electron chi connectivity index (χ4n) is 2.09. The molecule has 0 aliphatic heterocycles. The molecule has 0 radical (unpaired) electrons. The van der Waals surface area contributed by atoms with Crippen molar-refractivity contribution in [1.82, 2.24) is 10.2 Å². The molecule has 1 aromatic carbocycles. The molecule has 6 heteroatoms. The van der Waals surface area contributed by atoms with Crippen LogP contribution in [0.4, 0.5) is 0 Å². The third-order valence-electron chi connectivity index (χ3n) is 3.06. The standard InChI is InChI=1S/C16H13ClN2O3/c1-9-6-13(10(2)21-9)15-18-19-16(22-15)14(17)8-11-4-3-5-12(20)7-11/h3-8,20H,1-2H3/b14-8-. The van der Waals surface area contributed by atoms with Crippen LogP contribution in [0.1, 0.15) is 23.0 Å². The van der Waals surface area contributed by atoms with E-state index in [0.29, 0.717) is 16.7 Å². The Morgan fingerprint density at radius 2 is 2.00 bits per heavy atom. The van der Waals surface area contributed by atoms with Crippen molar-refractivity contribution in [3.05, 3.63) is 53.3 Å². The van der Waals surface area contributed by atoms with Gasteiger partial charge in [0.2, 0.25) is 0 Å². The van der Waals surface area contributed by atoms with Crippen molar-refractivity contribution in [1.29, 1.82) is 0 Å². The Morgan fingerprint density at radius 3 is 2.68 bits per heavy atom. The molecular weight excluding hydrogens is 304 g/mol. The fourth-order valence-corrected chi connectivity index (χ4v) is 2.30. The van der Waals surface area contributed by atoms with Crippen molar-refractivity contribution < 1.29 is 13.9 Å². The molecule has 0 unspecified atom stereocenters. The fraction of sp³-hybridized carbons (Fsp3) is 0.125. The summed E-state index contributed by atoms with van der Waals surface area (Å²) in [5, 5.41) is 17.7. The minimum Gasteiger partial charge on any atom is -0.508 e. The number of phenolic OH excluding ortho intramolecular Hbond substituents is 1. The average molecular weight is 317 g/mol. The third-order valence-corrected chi connectivity index (χ3v) is 3.34. The number of rotatable bonds is 3. The molecule has 0 aliphatic rings. The highest BCUT2D eigenvalue weighted by Gasteiger charge is 2.16. The monoisotopic (exact) mass is 316 g/mol. The quantitative estimate of drug-likeness (QED) is 0.775. The Bertz CT molecular complexity index is 849. The molecule has 2 heterocycles. The highest BCUT2D eigenvalue weighted by molar-refractivity contribution is 6.50. The van der Waals surface area contributed by atoms with Crippen LogP contribution in [0.2, 0.25) is 0 Å². The van der Waals surface area contributed by atoms with Crippen LogP contribution >= 0.6 is 11.6 Å². The molecule has 0 fully saturated rings. The summed E-state index contributed by atoms with van der Waals surface area (Å²) in [4.78, 5) is 0. The van der Waals surface area contributed by atoms with Crippen molar-refractivity contribution in [3.63, 3.8) is 0 Å². The summed E-state index contributed by atoms with van der Waals surface area (Å²) in [5.74, 6) is 2.20. The topological polar surface area (TPSA) is 72.3 Å². The summed E-state index contributed by atoms with van der Waals surface area (Å²) in [7, 11) is 0. The van der Waals surface area contributed by atoms with Gasteiger partial charge in [-0.1, -0.05) is 23.7 Å². The van der Waals surface area contributed by atoms with Gasteiger partial charge in [-0.2, -0.15) is 0 Å². The molecule has 0 atom stereocenters. The molecular formula is C16H13ClN2O3. The van der Waals surface area contributed by atoms with E-state index in [4.69, 9.17) is 20.4 Å². The summed E-state index contributed by atoms with van der Waals surface area (Å²) in [6, 6.07) is 8.54. The summed E-state index contributed by atoms with van der Waals surface area (Å²) >= 11 is 6.20. The van der Waals surface area contributed by atoms with Gasteiger partial charge in [0.25, 0.3) is 11.8 Å². The molecule has 22 heavy (non-hydrogen) atoms. The predicted molar refractivity (Wildman–Crippen MR) is 83.3 cm³/mol. The number of furan rings is 1.